The molecule has 0 aromatic carbocycles. The van der Waals surface area contributed by atoms with Crippen LogP contribution < -0.4 is 16.4 Å². The Labute approximate surface area is 343 Å². The normalized spacial score (nSPS) is 21.3. The van der Waals surface area contributed by atoms with Gasteiger partial charge in [-0.2, -0.15) is 4.31 Å². The first-order valence-corrected chi connectivity index (χ1v) is 23.8. The molecule has 1 aliphatic heterocycles. The van der Waals surface area contributed by atoms with Crippen molar-refractivity contribution in [2.75, 3.05) is 37.8 Å². The van der Waals surface area contributed by atoms with E-state index in [1.54, 1.807) is 0 Å². The lowest BCUT2D eigenvalue weighted by molar-refractivity contribution is -0.137. The summed E-state index contributed by atoms with van der Waals surface area (Å²) in [5.41, 5.74) is 4.27. The fourth-order valence-corrected chi connectivity index (χ4v) is 8.80. The van der Waals surface area contributed by atoms with Gasteiger partial charge in [-0.3, -0.25) is 32.5 Å². The van der Waals surface area contributed by atoms with E-state index in [1.165, 1.54) is 32.8 Å². The number of aromatic nitrogens is 4. The number of aliphatic hydroxyl groups is 2. The zero-order valence-electron chi connectivity index (χ0n) is 32.5. The highest BCUT2D eigenvalue weighted by Gasteiger charge is 2.50. The molecule has 1 saturated heterocycles. The summed E-state index contributed by atoms with van der Waals surface area (Å²) in [4.78, 5) is 87.7. The van der Waals surface area contributed by atoms with E-state index in [0.29, 0.717) is 5.75 Å². The topological polar surface area (TPSA) is 364 Å². The van der Waals surface area contributed by atoms with Gasteiger partial charge in [0.25, 0.3) is 0 Å². The molecule has 2 aromatic heterocycles. The molecule has 0 spiro atoms. The maximum atomic E-state index is 12.7. The second kappa shape index (κ2) is 22.9. The Morgan fingerprint density at radius 1 is 1.03 bits per heavy atom. The number of nitrogens with zero attached hydrogens (tertiary/aromatic N) is 4. The van der Waals surface area contributed by atoms with E-state index in [1.807, 2.05) is 6.08 Å². The number of hydrogen-bond donors (Lipinski definition) is 9. The summed E-state index contributed by atoms with van der Waals surface area (Å²) in [6.45, 7) is 2.65. The number of anilines is 1. The molecule has 2 amide bonds. The number of nitrogen functional groups attached to an aromatic ring is 1. The first-order chi connectivity index (χ1) is 27.6. The Hall–Kier alpha value is -2.70. The Kier molecular flexibility index (Phi) is 19.7. The number of hydrogen-bond acceptors (Lipinski definition) is 18. The maximum Gasteiger partial charge on any atom is 0.481 e. The van der Waals surface area contributed by atoms with Crippen molar-refractivity contribution in [1.29, 1.82) is 0 Å². The number of ether oxygens (including phenoxy) is 1. The lowest BCUT2D eigenvalue weighted by Crippen LogP contribution is -2.46. The van der Waals surface area contributed by atoms with Crippen LogP contribution in [0.2, 0.25) is 0 Å². The number of unbranched alkanes of at least 4 members (excludes halogenated alkanes) is 5. The zero-order chi connectivity index (χ0) is 44.0. The third kappa shape index (κ3) is 16.9. The molecule has 28 heteroatoms. The molecule has 0 bridgehead atoms. The Morgan fingerprint density at radius 2 is 1.73 bits per heavy atom. The fourth-order valence-electron chi connectivity index (χ4n) is 5.38. The van der Waals surface area contributed by atoms with E-state index in [2.05, 4.69) is 41.3 Å². The minimum Gasteiger partial charge on any atom is -0.386 e. The number of aliphatic hydroxyl groups excluding tert-OH is 2. The number of phosphoric acid groups is 3. The summed E-state index contributed by atoms with van der Waals surface area (Å²) < 4.78 is 62.2. The van der Waals surface area contributed by atoms with E-state index in [9.17, 15) is 57.9 Å². The van der Waals surface area contributed by atoms with Crippen LogP contribution in [0.4, 0.5) is 5.82 Å². The van der Waals surface area contributed by atoms with E-state index >= 15 is 0 Å². The van der Waals surface area contributed by atoms with Gasteiger partial charge in [0.2, 0.25) is 16.9 Å². The van der Waals surface area contributed by atoms with Crippen molar-refractivity contribution in [3.8, 4) is 0 Å². The van der Waals surface area contributed by atoms with Gasteiger partial charge < -0.3 is 50.9 Å². The van der Waals surface area contributed by atoms with Crippen molar-refractivity contribution in [3.05, 3.63) is 24.8 Å². The van der Waals surface area contributed by atoms with Crippen LogP contribution in [0, 0.1) is 5.41 Å². The predicted molar refractivity (Wildman–Crippen MR) is 210 cm³/mol. The van der Waals surface area contributed by atoms with Gasteiger partial charge in [-0.05, 0) is 18.9 Å². The third-order valence-corrected chi connectivity index (χ3v) is 12.4. The molecule has 0 saturated carbocycles. The molecule has 24 nitrogen and oxygen atoms in total. The summed E-state index contributed by atoms with van der Waals surface area (Å²) in [6, 6.07) is 0. The van der Waals surface area contributed by atoms with E-state index < -0.39 is 84.6 Å². The number of allylic oxidation sites excluding steroid dienone is 1. The molecule has 3 heterocycles. The van der Waals surface area contributed by atoms with Crippen LogP contribution >= 0.6 is 35.2 Å². The number of fused-ring (bicyclic) bond motifs is 1. The molecule has 7 unspecified atom stereocenters. The summed E-state index contributed by atoms with van der Waals surface area (Å²) in [5, 5.41) is 26.3. The number of amides is 2. The van der Waals surface area contributed by atoms with Crippen molar-refractivity contribution in [3.63, 3.8) is 0 Å². The van der Waals surface area contributed by atoms with E-state index in [4.69, 9.17) is 19.5 Å². The molecule has 7 atom stereocenters. The molecule has 3 rings (SSSR count). The fraction of sp³-hybridized carbons (Fsp3) is 0.677. The number of carbonyl (C=O) groups is 3. The molecule has 1 fully saturated rings. The highest BCUT2D eigenvalue weighted by atomic mass is 32.2. The van der Waals surface area contributed by atoms with Gasteiger partial charge in [-0.1, -0.05) is 64.3 Å². The zero-order valence-corrected chi connectivity index (χ0v) is 36.0. The molecule has 0 radical (unpaired) electrons. The number of thioether (sulfide) groups is 1. The molecule has 59 heavy (non-hydrogen) atoms. The summed E-state index contributed by atoms with van der Waals surface area (Å²) in [7, 11) is -16.4. The number of carbonyl (C=O) groups excluding carboxylic acids is 3. The minimum absolute atomic E-state index is 0.0313. The highest BCUT2D eigenvalue weighted by Crippen LogP contribution is 2.61. The van der Waals surface area contributed by atoms with Crippen molar-refractivity contribution in [1.82, 2.24) is 30.2 Å². The standard InChI is InChI=1S/C31H52N7O17P3S/c1-4-5-6-7-8-9-10-11-22(40)59-15-14-33-21(39)12-13-34-29(43)26(42)31(2,3)17-52-58(49,50)55-57(47,48)51-16-20-25(54-56(44,45)46)24(41)30(53-20)38-19-37-23-27(32)35-18-36-28(23)38/h10-11,18-20,24-26,30,41-42H,4-9,12-17H2,1-3H3,(H,33,39)(H,34,43)(H,47,48)(H,49,50)(H2,32,35,36)(H2,44,45,46)/b11-10+. The van der Waals surface area contributed by atoms with Crippen LogP contribution in [-0.4, -0.2) is 123 Å². The number of imidazole rings is 1. The second-order valence-corrected chi connectivity index (χ2v) is 19.2. The Bertz CT molecular complexity index is 1900. The summed E-state index contributed by atoms with van der Waals surface area (Å²) in [5.74, 6) is -1.11. The molecule has 2 aromatic rings. The van der Waals surface area contributed by atoms with Crippen LogP contribution in [0.3, 0.4) is 0 Å². The van der Waals surface area contributed by atoms with Crippen molar-refractivity contribution in [2.24, 2.45) is 5.41 Å². The third-order valence-electron chi connectivity index (χ3n) is 8.47. The largest absolute Gasteiger partial charge is 0.481 e. The predicted octanol–water partition coefficient (Wildman–Crippen LogP) is 1.58. The number of nitrogens with two attached hydrogens (primary N) is 1. The van der Waals surface area contributed by atoms with Crippen molar-refractivity contribution < 1.29 is 80.5 Å². The van der Waals surface area contributed by atoms with E-state index in [0.717, 1.165) is 54.7 Å². The minimum atomic E-state index is -5.57. The van der Waals surface area contributed by atoms with Crippen LogP contribution in [0.5, 0.6) is 0 Å². The van der Waals surface area contributed by atoms with Gasteiger partial charge in [0.1, 0.15) is 36.3 Å². The lowest BCUT2D eigenvalue weighted by Gasteiger charge is -2.30. The quantitative estimate of drug-likeness (QED) is 0.0367. The van der Waals surface area contributed by atoms with Crippen LogP contribution in [0.25, 0.3) is 11.2 Å². The summed E-state index contributed by atoms with van der Waals surface area (Å²) in [6.07, 6.45) is 2.97. The molecular formula is C31H52N7O17P3S. The first kappa shape index (κ1) is 50.7. The van der Waals surface area contributed by atoms with Gasteiger partial charge in [0.05, 0.1) is 19.5 Å². The van der Waals surface area contributed by atoms with Gasteiger partial charge in [-0.25, -0.2) is 28.6 Å². The average Bonchev–Trinajstić information content (AvgIpc) is 3.71. The van der Waals surface area contributed by atoms with Gasteiger partial charge in [0.15, 0.2) is 17.7 Å². The van der Waals surface area contributed by atoms with Crippen LogP contribution in [-0.2, 0) is 50.7 Å². The number of rotatable bonds is 26. The van der Waals surface area contributed by atoms with E-state index in [-0.39, 0.29) is 41.6 Å². The molecule has 334 valence electrons. The van der Waals surface area contributed by atoms with Gasteiger partial charge in [0, 0.05) is 30.7 Å². The Morgan fingerprint density at radius 3 is 2.42 bits per heavy atom. The van der Waals surface area contributed by atoms with Crippen LogP contribution in [0.15, 0.2) is 24.8 Å². The van der Waals surface area contributed by atoms with Crippen molar-refractivity contribution in [2.45, 2.75) is 96.4 Å². The van der Waals surface area contributed by atoms with Crippen molar-refractivity contribution >= 4 is 69.1 Å². The number of nitrogens with one attached hydrogen (secondary N) is 2. The smallest absolute Gasteiger partial charge is 0.386 e. The molecule has 1 aliphatic rings. The molecule has 10 N–H and O–H groups in total. The first-order valence-electron chi connectivity index (χ1n) is 18.3. The monoisotopic (exact) mass is 919 g/mol. The Balaban J connectivity index is 1.43. The van der Waals surface area contributed by atoms with Crippen LogP contribution in [0.1, 0.15) is 71.9 Å². The second-order valence-electron chi connectivity index (χ2n) is 13.8. The van der Waals surface area contributed by atoms with Gasteiger partial charge >= 0.3 is 23.5 Å². The summed E-state index contributed by atoms with van der Waals surface area (Å²) >= 11 is 1.06. The van der Waals surface area contributed by atoms with Gasteiger partial charge in [-0.15, -0.1) is 0 Å². The maximum absolute atomic E-state index is 12.7. The highest BCUT2D eigenvalue weighted by molar-refractivity contribution is 8.14. The molecule has 0 aliphatic carbocycles. The lowest BCUT2D eigenvalue weighted by atomic mass is 9.87. The molecular weight excluding hydrogens is 867 g/mol. The average molecular weight is 920 g/mol. The SMILES string of the molecule is CCCCCCC/C=C/C(=O)SCCNC(=O)CCNC(=O)C(O)C(C)(C)COP(=O)(O)OP(=O)(O)OCC1OC(n2cnc3c(N)ncnc32)C(O)C1OP(=O)(O)O. The number of phosphoric ester groups is 3.